The van der Waals surface area contributed by atoms with Gasteiger partial charge >= 0.3 is 29.8 Å². The van der Waals surface area contributed by atoms with Crippen molar-refractivity contribution >= 4 is 29.8 Å². The average molecular weight is 1000 g/mol. The zero-order valence-electron chi connectivity index (χ0n) is 42.6. The second kappa shape index (κ2) is 24.2. The Hall–Kier alpha value is -8.31. The molecule has 5 aromatic rings. The number of carboxylic acid groups (broad SMARTS) is 1. The summed E-state index contributed by atoms with van der Waals surface area (Å²) in [6.07, 6.45) is 11.8. The number of hydrogen-bond donors (Lipinski definition) is 1. The van der Waals surface area contributed by atoms with Gasteiger partial charge in [0.15, 0.2) is 5.60 Å². The first-order valence-corrected chi connectivity index (χ1v) is 25.8. The van der Waals surface area contributed by atoms with E-state index in [-0.39, 0.29) is 47.1 Å². The van der Waals surface area contributed by atoms with Crippen molar-refractivity contribution in [2.75, 3.05) is 0 Å². The van der Waals surface area contributed by atoms with Crippen LogP contribution in [0.15, 0.2) is 121 Å². The summed E-state index contributed by atoms with van der Waals surface area (Å²) < 4.78 is 23.4. The topological polar surface area (TPSA) is 142 Å². The van der Waals surface area contributed by atoms with Crippen molar-refractivity contribution in [2.24, 2.45) is 23.7 Å². The number of terminal acetylenes is 1. The molecule has 380 valence electrons. The van der Waals surface area contributed by atoms with Crippen molar-refractivity contribution in [2.45, 2.75) is 115 Å². The number of carbonyl (C=O) groups excluding carboxylic acids is 4. The van der Waals surface area contributed by atoms with E-state index in [0.29, 0.717) is 88.5 Å². The van der Waals surface area contributed by atoms with E-state index in [2.05, 4.69) is 41.4 Å². The smallest absolute Gasteiger partial charge is 0.339 e. The standard InChI is InChI=1S/C65H60O10/c1-5-44-6-8-45(9-7-44)10-11-46-12-14-47(15-13-46)16-17-48-18-20-49(21-19-48)38-41-65(42-39-51(40-43-65)50-30-34-57(35-31-50)72-60(68)53-24-22-52(23-25-53)59(66)67)75-63(71)56-32-36-58(37-33-56)73-61(69)54-26-28-55(29-27-54)62(70)74-64(2,3)4/h1,6-9,12-15,18-21,30-37,51-55H,22-29,39-40,42-43H2,2-4H3,(H,66,67). The fourth-order valence-electron chi connectivity index (χ4n) is 9.70. The van der Waals surface area contributed by atoms with Crippen LogP contribution < -0.4 is 9.47 Å². The van der Waals surface area contributed by atoms with Crippen molar-refractivity contribution in [1.82, 2.24) is 0 Å². The van der Waals surface area contributed by atoms with Crippen LogP contribution >= 0.6 is 0 Å². The molecule has 10 nitrogen and oxygen atoms in total. The third-order valence-electron chi connectivity index (χ3n) is 14.1. The maximum Gasteiger partial charge on any atom is 0.339 e. The Labute approximate surface area is 439 Å². The lowest BCUT2D eigenvalue weighted by Crippen LogP contribution is -2.37. The van der Waals surface area contributed by atoms with Crippen LogP contribution in [0, 0.1) is 71.5 Å². The van der Waals surface area contributed by atoms with Crippen molar-refractivity contribution in [3.63, 3.8) is 0 Å². The van der Waals surface area contributed by atoms with Crippen LogP contribution in [0.25, 0.3) is 0 Å². The van der Waals surface area contributed by atoms with E-state index < -0.39 is 29.1 Å². The molecule has 75 heavy (non-hydrogen) atoms. The fraction of sp³-hybridized carbons (Fsp3) is 0.338. The van der Waals surface area contributed by atoms with Crippen LogP contribution in [0.1, 0.15) is 153 Å². The molecule has 0 spiro atoms. The highest BCUT2D eigenvalue weighted by Gasteiger charge is 2.39. The zero-order chi connectivity index (χ0) is 53.0. The Morgan fingerprint density at radius 1 is 0.493 bits per heavy atom. The molecule has 0 radical (unpaired) electrons. The Morgan fingerprint density at radius 2 is 0.867 bits per heavy atom. The maximum atomic E-state index is 14.0. The largest absolute Gasteiger partial charge is 0.481 e. The fourth-order valence-corrected chi connectivity index (χ4v) is 9.70. The molecule has 0 saturated heterocycles. The molecule has 1 N–H and O–H groups in total. The molecule has 5 aromatic carbocycles. The highest BCUT2D eigenvalue weighted by Crippen LogP contribution is 2.41. The van der Waals surface area contributed by atoms with Gasteiger partial charge in [-0.2, -0.15) is 0 Å². The Balaban J connectivity index is 0.912. The number of carbonyl (C=O) groups is 5. The van der Waals surface area contributed by atoms with Gasteiger partial charge in [-0.1, -0.05) is 47.7 Å². The Bertz CT molecular complexity index is 3090. The molecule has 0 unspecified atom stereocenters. The normalized spacial score (nSPS) is 21.1. The van der Waals surface area contributed by atoms with Gasteiger partial charge in [-0.3, -0.25) is 19.2 Å². The van der Waals surface area contributed by atoms with Crippen molar-refractivity contribution in [3.8, 4) is 59.4 Å². The number of esters is 4. The van der Waals surface area contributed by atoms with Gasteiger partial charge in [0, 0.05) is 33.4 Å². The molecule has 8 rings (SSSR count). The minimum Gasteiger partial charge on any atom is -0.481 e. The first kappa shape index (κ1) is 53.0. The molecule has 0 atom stereocenters. The molecule has 3 aliphatic rings. The first-order chi connectivity index (χ1) is 36.1. The summed E-state index contributed by atoms with van der Waals surface area (Å²) in [5.74, 6) is 19.3. The van der Waals surface area contributed by atoms with E-state index >= 15 is 0 Å². The third kappa shape index (κ3) is 14.9. The van der Waals surface area contributed by atoms with Crippen molar-refractivity contribution in [1.29, 1.82) is 0 Å². The van der Waals surface area contributed by atoms with Gasteiger partial charge in [0.2, 0.25) is 0 Å². The second-order valence-electron chi connectivity index (χ2n) is 20.7. The second-order valence-corrected chi connectivity index (χ2v) is 20.7. The minimum absolute atomic E-state index is 0.135. The summed E-state index contributed by atoms with van der Waals surface area (Å²) in [5, 5.41) is 9.33. The summed E-state index contributed by atoms with van der Waals surface area (Å²) in [6.45, 7) is 5.52. The number of carboxylic acids is 1. The first-order valence-electron chi connectivity index (χ1n) is 25.8. The van der Waals surface area contributed by atoms with Crippen LogP contribution in [-0.2, 0) is 28.7 Å². The van der Waals surface area contributed by atoms with Gasteiger partial charge in [0.1, 0.15) is 17.1 Å². The van der Waals surface area contributed by atoms with E-state index in [1.54, 1.807) is 36.4 Å². The maximum absolute atomic E-state index is 14.0. The van der Waals surface area contributed by atoms with E-state index in [4.69, 9.17) is 25.4 Å². The predicted octanol–water partition coefficient (Wildman–Crippen LogP) is 11.6. The number of rotatable bonds is 9. The summed E-state index contributed by atoms with van der Waals surface area (Å²) in [5.41, 5.74) is 4.63. The van der Waals surface area contributed by atoms with Gasteiger partial charge in [-0.05, 0) is 224 Å². The molecule has 3 fully saturated rings. The van der Waals surface area contributed by atoms with Crippen molar-refractivity contribution < 1.29 is 48.0 Å². The van der Waals surface area contributed by atoms with Crippen LogP contribution in [0.4, 0.5) is 0 Å². The Morgan fingerprint density at radius 3 is 1.27 bits per heavy atom. The molecular weight excluding hydrogens is 941 g/mol. The van der Waals surface area contributed by atoms with Gasteiger partial charge in [0.25, 0.3) is 0 Å². The highest BCUT2D eigenvalue weighted by molar-refractivity contribution is 5.90. The van der Waals surface area contributed by atoms with Crippen LogP contribution in [0.5, 0.6) is 11.5 Å². The lowest BCUT2D eigenvalue weighted by Gasteiger charge is -2.36. The van der Waals surface area contributed by atoms with Gasteiger partial charge < -0.3 is 24.1 Å². The van der Waals surface area contributed by atoms with E-state index in [1.807, 2.05) is 106 Å². The van der Waals surface area contributed by atoms with E-state index in [9.17, 15) is 29.1 Å². The lowest BCUT2D eigenvalue weighted by atomic mass is 9.76. The minimum atomic E-state index is -1.10. The molecule has 0 heterocycles. The van der Waals surface area contributed by atoms with E-state index in [1.165, 1.54) is 0 Å². The van der Waals surface area contributed by atoms with Gasteiger partial charge in [0.05, 0.1) is 29.2 Å². The molecule has 3 saturated carbocycles. The number of benzene rings is 5. The molecule has 10 heteroatoms. The summed E-state index contributed by atoms with van der Waals surface area (Å²) >= 11 is 0. The monoisotopic (exact) mass is 1000 g/mol. The summed E-state index contributed by atoms with van der Waals surface area (Å²) in [6, 6.07) is 36.7. The SMILES string of the molecule is C#Cc1ccc(C#Cc2ccc(C#Cc3ccc(C#CC4(OC(=O)c5ccc(OC(=O)C6CCC(C(=O)OC(C)(C)C)CC6)cc5)CCC(c5ccc(OC(=O)C6CCC(C(=O)O)CC6)cc5)CC4)cc3)cc2)cc1. The predicted molar refractivity (Wildman–Crippen MR) is 284 cm³/mol. The molecule has 0 aliphatic heterocycles. The van der Waals surface area contributed by atoms with Crippen molar-refractivity contribution in [3.05, 3.63) is 166 Å². The van der Waals surface area contributed by atoms with Crippen LogP contribution in [0.2, 0.25) is 0 Å². The molecule has 0 amide bonds. The van der Waals surface area contributed by atoms with Gasteiger partial charge in [-0.25, -0.2) is 4.79 Å². The summed E-state index contributed by atoms with van der Waals surface area (Å²) in [7, 11) is 0. The third-order valence-corrected chi connectivity index (χ3v) is 14.1. The molecule has 3 aliphatic carbocycles. The number of ether oxygens (including phenoxy) is 4. The van der Waals surface area contributed by atoms with Crippen LogP contribution in [-0.4, -0.2) is 46.2 Å². The quantitative estimate of drug-likeness (QED) is 0.0861. The number of hydrogen-bond acceptors (Lipinski definition) is 9. The zero-order valence-corrected chi connectivity index (χ0v) is 42.6. The highest BCUT2D eigenvalue weighted by atomic mass is 16.6. The van der Waals surface area contributed by atoms with Crippen LogP contribution in [0.3, 0.4) is 0 Å². The Kier molecular flexibility index (Phi) is 17.1. The van der Waals surface area contributed by atoms with E-state index in [0.717, 1.165) is 38.9 Å². The van der Waals surface area contributed by atoms with Gasteiger partial charge in [-0.15, -0.1) is 6.42 Å². The summed E-state index contributed by atoms with van der Waals surface area (Å²) in [4.78, 5) is 64.0. The molecule has 0 bridgehead atoms. The average Bonchev–Trinajstić information content (AvgIpc) is 3.42. The lowest BCUT2D eigenvalue weighted by molar-refractivity contribution is -0.162. The molecular formula is C65H60O10. The molecule has 0 aromatic heterocycles. The number of aliphatic carboxylic acids is 1.